The molecule has 16 heteroatoms. The third-order valence-corrected chi connectivity index (χ3v) is 9.31. The number of nitrogens with zero attached hydrogens (tertiary/aromatic N) is 2. The van der Waals surface area contributed by atoms with Gasteiger partial charge in [-0.2, -0.15) is 18.9 Å². The Morgan fingerprint density at radius 1 is 1.06 bits per heavy atom. The van der Waals surface area contributed by atoms with Gasteiger partial charge < -0.3 is 24.4 Å². The van der Waals surface area contributed by atoms with Crippen molar-refractivity contribution in [3.05, 3.63) is 89.0 Å². The fraction of sp³-hybridized carbons (Fsp3) is 0.455. The molecule has 2 aromatic carbocycles. The van der Waals surface area contributed by atoms with Gasteiger partial charge in [-0.05, 0) is 43.5 Å². The quantitative estimate of drug-likeness (QED) is 0.124. The van der Waals surface area contributed by atoms with Crippen LogP contribution in [0.25, 0.3) is 0 Å². The van der Waals surface area contributed by atoms with E-state index in [-0.39, 0.29) is 30.0 Å². The molecule has 49 heavy (non-hydrogen) atoms. The van der Waals surface area contributed by atoms with Gasteiger partial charge in [-0.15, -0.1) is 0 Å². The molecule has 13 nitrogen and oxygen atoms in total. The maximum atomic E-state index is 15.3. The molecule has 0 aliphatic carbocycles. The molecule has 4 rings (SSSR count). The summed E-state index contributed by atoms with van der Waals surface area (Å²) in [6.45, 7) is 4.28. The van der Waals surface area contributed by atoms with Gasteiger partial charge in [0.15, 0.2) is 6.10 Å². The Morgan fingerprint density at radius 3 is 2.31 bits per heavy atom. The van der Waals surface area contributed by atoms with E-state index in [0.29, 0.717) is 23.0 Å². The summed E-state index contributed by atoms with van der Waals surface area (Å²) >= 11 is 0. The van der Waals surface area contributed by atoms with Crippen molar-refractivity contribution in [1.82, 2.24) is 14.6 Å². The van der Waals surface area contributed by atoms with Gasteiger partial charge in [0.05, 0.1) is 6.61 Å². The van der Waals surface area contributed by atoms with Gasteiger partial charge in [-0.3, -0.25) is 18.7 Å². The number of amides is 1. The molecule has 1 saturated heterocycles. The molecule has 1 fully saturated rings. The highest BCUT2D eigenvalue weighted by Crippen LogP contribution is 2.48. The van der Waals surface area contributed by atoms with Gasteiger partial charge in [0, 0.05) is 12.1 Å². The molecule has 0 radical (unpaired) electrons. The second-order valence-electron chi connectivity index (χ2n) is 11.6. The third kappa shape index (κ3) is 10.0. The average molecular weight is 707 g/mol. The summed E-state index contributed by atoms with van der Waals surface area (Å²) < 4.78 is 66.7. The second-order valence-corrected chi connectivity index (χ2v) is 13.2. The number of carbonyl (C=O) groups excluding carboxylic acids is 2. The van der Waals surface area contributed by atoms with Crippen molar-refractivity contribution in [3.8, 4) is 5.75 Å². The maximum Gasteiger partial charge on any atom is 0.459 e. The van der Waals surface area contributed by atoms with E-state index < -0.39 is 56.4 Å². The first-order valence-corrected chi connectivity index (χ1v) is 17.5. The minimum atomic E-state index is -4.52. The summed E-state index contributed by atoms with van der Waals surface area (Å²) in [7, 11) is -4.52. The van der Waals surface area contributed by atoms with Gasteiger partial charge in [-0.1, -0.05) is 75.2 Å². The minimum Gasteiger partial charge on any atom is -0.460 e. The van der Waals surface area contributed by atoms with Gasteiger partial charge in [-0.25, -0.2) is 9.36 Å². The molecule has 0 bridgehead atoms. The maximum absolute atomic E-state index is 15.3. The van der Waals surface area contributed by atoms with Crippen LogP contribution >= 0.6 is 7.75 Å². The number of halogens is 2. The fourth-order valence-electron chi connectivity index (χ4n) is 5.12. The first kappa shape index (κ1) is 37.8. The number of rotatable bonds is 17. The normalized spacial score (nSPS) is 20.3. The first-order chi connectivity index (χ1) is 23.4. The fourth-order valence-corrected chi connectivity index (χ4v) is 6.63. The number of aromatic nitrogens is 2. The Morgan fingerprint density at radius 2 is 1.69 bits per heavy atom. The average Bonchev–Trinajstić information content (AvgIpc) is 3.30. The van der Waals surface area contributed by atoms with E-state index >= 15 is 8.78 Å². The molecule has 3 aromatic rings. The molecule has 0 spiro atoms. The van der Waals surface area contributed by atoms with Crippen molar-refractivity contribution in [1.29, 1.82) is 0 Å². The molecule has 1 amide bonds. The lowest BCUT2D eigenvalue weighted by Gasteiger charge is -2.24. The molecule has 2 heterocycles. The Balaban J connectivity index is 1.46. The lowest BCUT2D eigenvalue weighted by molar-refractivity contribution is -0.146. The summed E-state index contributed by atoms with van der Waals surface area (Å²) in [5.41, 5.74) is -0.450. The molecule has 1 aliphatic rings. The van der Waals surface area contributed by atoms with Gasteiger partial charge in [0.1, 0.15) is 30.3 Å². The second kappa shape index (κ2) is 17.1. The zero-order chi connectivity index (χ0) is 35.6. The summed E-state index contributed by atoms with van der Waals surface area (Å²) in [5, 5.41) is 15.5. The lowest BCUT2D eigenvalue weighted by atomic mass is 9.97. The molecule has 266 valence electrons. The number of anilines is 1. The van der Waals surface area contributed by atoms with Crippen molar-refractivity contribution < 1.29 is 46.6 Å². The van der Waals surface area contributed by atoms with Crippen LogP contribution in [-0.2, 0) is 34.8 Å². The summed E-state index contributed by atoms with van der Waals surface area (Å²) in [6.07, 6.45) is -2.83. The number of ether oxygens (including phenoxy) is 2. The number of para-hydroxylation sites is 1. The Bertz CT molecular complexity index is 1640. The number of carbonyl (C=O) groups is 2. The number of hydrogen-bond acceptors (Lipinski definition) is 10. The molecule has 3 N–H and O–H groups in total. The standard InChI is InChI=1S/C33H41F2N4O9P/c1-4-12-24(13-5-2)29(41)36-27-18-19-39(32(43)37-27)31-33(34,35)28(40)26(47-31)21-46-49(44,48-25-16-10-7-11-17-25)38-22(3)30(42)45-20-23-14-8-6-9-15-23/h6-11,14-19,22,24,26,28,31,40H,4-5,12-13,20-21H2,1-3H3,(H,38,44)(H,36,37,41,43)/t22-,26+,28+,31+,49?/m0/s1. The van der Waals surface area contributed by atoms with Crippen molar-refractivity contribution in [3.63, 3.8) is 0 Å². The number of esters is 1. The SMILES string of the molecule is CCCC(CCC)C(=O)Nc1ccn([C@@H]2O[C@H](COP(=O)(N[C@@H](C)C(=O)OCc3ccccc3)Oc3ccccc3)[C@@H](O)C2(F)F)c(=O)n1. The zero-order valence-electron chi connectivity index (χ0n) is 27.4. The van der Waals surface area contributed by atoms with E-state index in [2.05, 4.69) is 15.4 Å². The molecular formula is C33H41F2N4O9P. The molecule has 1 unspecified atom stereocenters. The largest absolute Gasteiger partial charge is 0.460 e. The molecule has 1 aromatic heterocycles. The Labute approximate surface area is 282 Å². The van der Waals surface area contributed by atoms with E-state index in [4.69, 9.17) is 18.5 Å². The van der Waals surface area contributed by atoms with Gasteiger partial charge in [0.25, 0.3) is 0 Å². The predicted molar refractivity (Wildman–Crippen MR) is 175 cm³/mol. The van der Waals surface area contributed by atoms with Crippen LogP contribution in [0.4, 0.5) is 14.6 Å². The zero-order valence-corrected chi connectivity index (χ0v) is 28.3. The van der Waals surface area contributed by atoms with Crippen LogP contribution in [0.5, 0.6) is 5.75 Å². The number of hydrogen-bond donors (Lipinski definition) is 3. The molecule has 5 atom stereocenters. The highest BCUT2D eigenvalue weighted by Gasteiger charge is 2.60. The van der Waals surface area contributed by atoms with Crippen LogP contribution in [0, 0.1) is 5.92 Å². The van der Waals surface area contributed by atoms with Crippen LogP contribution in [0.3, 0.4) is 0 Å². The third-order valence-electron chi connectivity index (χ3n) is 7.67. The number of alkyl halides is 2. The van der Waals surface area contributed by atoms with E-state index in [1.54, 1.807) is 48.5 Å². The van der Waals surface area contributed by atoms with E-state index in [1.165, 1.54) is 25.1 Å². The number of nitrogens with one attached hydrogen (secondary N) is 2. The monoisotopic (exact) mass is 706 g/mol. The van der Waals surface area contributed by atoms with Crippen molar-refractivity contribution in [2.24, 2.45) is 5.92 Å². The lowest BCUT2D eigenvalue weighted by Crippen LogP contribution is -2.42. The molecule has 0 saturated carbocycles. The molecule has 1 aliphatic heterocycles. The van der Waals surface area contributed by atoms with Crippen LogP contribution < -0.4 is 20.6 Å². The van der Waals surface area contributed by atoms with Gasteiger partial charge in [0.2, 0.25) is 12.1 Å². The Hall–Kier alpha value is -4.01. The predicted octanol–water partition coefficient (Wildman–Crippen LogP) is 5.22. The van der Waals surface area contributed by atoms with Crippen molar-refractivity contribution in [2.75, 3.05) is 11.9 Å². The summed E-state index contributed by atoms with van der Waals surface area (Å²) in [6, 6.07) is 16.5. The summed E-state index contributed by atoms with van der Waals surface area (Å²) in [4.78, 5) is 41.9. The number of aliphatic hydroxyl groups excluding tert-OH is 1. The highest BCUT2D eigenvalue weighted by molar-refractivity contribution is 7.52. The first-order valence-electron chi connectivity index (χ1n) is 16.0. The number of benzene rings is 2. The van der Waals surface area contributed by atoms with E-state index in [9.17, 15) is 24.1 Å². The van der Waals surface area contributed by atoms with Crippen molar-refractivity contribution >= 4 is 25.4 Å². The smallest absolute Gasteiger partial charge is 0.459 e. The number of aliphatic hydroxyl groups is 1. The van der Waals surface area contributed by atoms with Crippen LogP contribution in [0.15, 0.2) is 77.7 Å². The highest BCUT2D eigenvalue weighted by atomic mass is 31.2. The topological polar surface area (TPSA) is 167 Å². The van der Waals surface area contributed by atoms with Crippen molar-refractivity contribution in [2.45, 2.75) is 83.5 Å². The van der Waals surface area contributed by atoms with Crippen LogP contribution in [-0.4, -0.2) is 57.3 Å². The van der Waals surface area contributed by atoms with Crippen LogP contribution in [0.1, 0.15) is 58.2 Å². The van der Waals surface area contributed by atoms with Crippen LogP contribution in [0.2, 0.25) is 0 Å². The Kier molecular flexibility index (Phi) is 13.2. The minimum absolute atomic E-state index is 0.0607. The molecular weight excluding hydrogens is 665 g/mol. The van der Waals surface area contributed by atoms with E-state index in [1.807, 2.05) is 13.8 Å². The summed E-state index contributed by atoms with van der Waals surface area (Å²) in [5.74, 6) is -5.50. The van der Waals surface area contributed by atoms with Gasteiger partial charge >= 0.3 is 25.3 Å². The van der Waals surface area contributed by atoms with E-state index in [0.717, 1.165) is 19.0 Å².